The average Bonchev–Trinajstić information content (AvgIpc) is 3.73. The summed E-state index contributed by atoms with van der Waals surface area (Å²) < 4.78 is 56.0. The normalized spacial score (nSPS) is 23.2. The first-order valence-corrected chi connectivity index (χ1v) is 20.5. The highest BCUT2D eigenvalue weighted by Crippen LogP contribution is 2.42. The highest BCUT2D eigenvalue weighted by molar-refractivity contribution is 6.02. The standard InChI is InChI=1S/C45H48F2N6O6/c1-27-9-4-10-28(2)35(27)41(54)59-26-58-32-19-30-12-5-11-29-13-6-18-56-43(55)51-44(3)14-7-16-52(24-44)40-34-22-48-38(33(20-32)36(29)30)37(47)39(34)49-42(50-40)57-25-45-15-8-17-53(45)23-31(46)21-45/h4-5,9-12,19-20,22,31H,6-8,13-18,21,23-26H2,1-3H3,(H,51,55)/t31-,44-,45+/m1/s1. The number of amides is 1. The number of alkyl carbamates (subject to hydrolysis) is 1. The summed E-state index contributed by atoms with van der Waals surface area (Å²) in [5.74, 6) is -0.408. The largest absolute Gasteiger partial charge is 0.461 e. The number of nitrogens with zero attached hydrogens (tertiary/aromatic N) is 5. The molecule has 1 N–H and O–H groups in total. The highest BCUT2D eigenvalue weighted by atomic mass is 19.1. The first-order chi connectivity index (χ1) is 28.5. The van der Waals surface area contributed by atoms with E-state index in [4.69, 9.17) is 33.9 Å². The van der Waals surface area contributed by atoms with Gasteiger partial charge in [0.2, 0.25) is 6.79 Å². The first kappa shape index (κ1) is 38.9. The predicted octanol–water partition coefficient (Wildman–Crippen LogP) is 7.78. The average molecular weight is 807 g/mol. The lowest BCUT2D eigenvalue weighted by Crippen LogP contribution is -2.57. The molecule has 308 valence electrons. The third kappa shape index (κ3) is 7.47. The van der Waals surface area contributed by atoms with Gasteiger partial charge in [0, 0.05) is 37.8 Å². The molecule has 14 heteroatoms. The summed E-state index contributed by atoms with van der Waals surface area (Å²) in [4.78, 5) is 44.8. The van der Waals surface area contributed by atoms with Crippen molar-refractivity contribution in [3.63, 3.8) is 0 Å². The van der Waals surface area contributed by atoms with Crippen molar-refractivity contribution in [2.75, 3.05) is 51.1 Å². The van der Waals surface area contributed by atoms with E-state index in [-0.39, 0.29) is 37.2 Å². The Morgan fingerprint density at radius 3 is 2.69 bits per heavy atom. The van der Waals surface area contributed by atoms with E-state index in [0.29, 0.717) is 73.4 Å². The molecule has 12 nitrogen and oxygen atoms in total. The van der Waals surface area contributed by atoms with Crippen molar-refractivity contribution < 1.29 is 37.3 Å². The van der Waals surface area contributed by atoms with Gasteiger partial charge in [-0.2, -0.15) is 9.97 Å². The highest BCUT2D eigenvalue weighted by Gasteiger charge is 2.49. The number of anilines is 1. The summed E-state index contributed by atoms with van der Waals surface area (Å²) in [6, 6.07) is 14.9. The third-order valence-corrected chi connectivity index (χ3v) is 12.5. The minimum Gasteiger partial charge on any atom is -0.461 e. The van der Waals surface area contributed by atoms with Gasteiger partial charge in [-0.25, -0.2) is 18.4 Å². The summed E-state index contributed by atoms with van der Waals surface area (Å²) in [7, 11) is 0. The van der Waals surface area contributed by atoms with Crippen molar-refractivity contribution in [1.82, 2.24) is 25.2 Å². The molecule has 59 heavy (non-hydrogen) atoms. The number of fused-ring (bicyclic) bond motifs is 7. The molecule has 3 fully saturated rings. The molecule has 3 saturated heterocycles. The molecule has 7 heterocycles. The monoisotopic (exact) mass is 806 g/mol. The predicted molar refractivity (Wildman–Crippen MR) is 218 cm³/mol. The summed E-state index contributed by atoms with van der Waals surface area (Å²) in [6.07, 6.45) is 4.71. The maximum atomic E-state index is 17.6. The van der Waals surface area contributed by atoms with Gasteiger partial charge in [0.25, 0.3) is 0 Å². The molecule has 5 aliphatic heterocycles. The number of alkyl halides is 1. The molecule has 0 spiro atoms. The summed E-state index contributed by atoms with van der Waals surface area (Å²) in [5.41, 5.74) is 2.34. The van der Waals surface area contributed by atoms with Crippen molar-refractivity contribution in [3.05, 3.63) is 82.8 Å². The fourth-order valence-corrected chi connectivity index (χ4v) is 9.71. The van der Waals surface area contributed by atoms with E-state index in [1.807, 2.05) is 68.1 Å². The Hall–Kier alpha value is -5.63. The number of rotatable bonds is 7. The molecule has 0 aliphatic carbocycles. The number of hydrogen-bond acceptors (Lipinski definition) is 11. The topological polar surface area (TPSA) is 128 Å². The van der Waals surface area contributed by atoms with Crippen molar-refractivity contribution >= 4 is 39.6 Å². The van der Waals surface area contributed by atoms with Gasteiger partial charge in [-0.1, -0.05) is 36.4 Å². The Kier molecular flexibility index (Phi) is 10.2. The number of piperidine rings is 1. The van der Waals surface area contributed by atoms with Gasteiger partial charge >= 0.3 is 18.1 Å². The number of halogens is 2. The Morgan fingerprint density at radius 1 is 1.03 bits per heavy atom. The lowest BCUT2D eigenvalue weighted by Gasteiger charge is -2.41. The van der Waals surface area contributed by atoms with Gasteiger partial charge in [-0.15, -0.1) is 0 Å². The van der Waals surface area contributed by atoms with E-state index >= 15 is 4.39 Å². The molecule has 5 aromatic rings. The third-order valence-electron chi connectivity index (χ3n) is 12.5. The smallest absolute Gasteiger partial charge is 0.407 e. The van der Waals surface area contributed by atoms with Crippen LogP contribution in [0.5, 0.6) is 11.8 Å². The second kappa shape index (κ2) is 15.5. The van der Waals surface area contributed by atoms with Gasteiger partial charge in [0.05, 0.1) is 28.6 Å². The number of benzene rings is 3. The SMILES string of the molecule is Cc1cccc(C)c1C(=O)OCOc1cc2c3c(cccc3c1)CCCOC(=O)N[C@]1(C)CCCN(C1)c1nc(OC[C@@]34CCCN3C[C@H](F)C4)nc3c(F)c-2ncc13. The zero-order valence-corrected chi connectivity index (χ0v) is 33.6. The molecule has 3 aromatic carbocycles. The number of esters is 1. The number of carbonyl (C=O) groups excluding carboxylic acids is 2. The zero-order chi connectivity index (χ0) is 40.9. The van der Waals surface area contributed by atoms with Gasteiger partial charge in [0.1, 0.15) is 35.6 Å². The van der Waals surface area contributed by atoms with E-state index in [1.165, 1.54) is 0 Å². The minimum absolute atomic E-state index is 0.0158. The van der Waals surface area contributed by atoms with E-state index in [9.17, 15) is 14.0 Å². The molecule has 3 atom stereocenters. The molecular weight excluding hydrogens is 759 g/mol. The van der Waals surface area contributed by atoms with Crippen molar-refractivity contribution in [1.29, 1.82) is 0 Å². The fraction of sp³-hybridized carbons (Fsp3) is 0.444. The van der Waals surface area contributed by atoms with E-state index in [1.54, 1.807) is 12.3 Å². The van der Waals surface area contributed by atoms with Crippen LogP contribution in [0.4, 0.5) is 19.4 Å². The maximum absolute atomic E-state index is 17.6. The van der Waals surface area contributed by atoms with Crippen LogP contribution < -0.4 is 19.7 Å². The molecule has 10 rings (SSSR count). The molecule has 6 bridgehead atoms. The second-order valence-electron chi connectivity index (χ2n) is 16.8. The Labute approximate surface area is 341 Å². The summed E-state index contributed by atoms with van der Waals surface area (Å²) in [6.45, 7) is 7.77. The van der Waals surface area contributed by atoms with Crippen LogP contribution in [-0.4, -0.2) is 95.3 Å². The van der Waals surface area contributed by atoms with Gasteiger partial charge in [0.15, 0.2) is 5.82 Å². The number of ether oxygens (including phenoxy) is 4. The summed E-state index contributed by atoms with van der Waals surface area (Å²) in [5, 5.41) is 4.96. The van der Waals surface area contributed by atoms with Crippen LogP contribution >= 0.6 is 0 Å². The lowest BCUT2D eigenvalue weighted by atomic mass is 9.91. The molecule has 5 aliphatic rings. The molecule has 0 unspecified atom stereocenters. The number of nitrogens with one attached hydrogen (secondary N) is 1. The van der Waals surface area contributed by atoms with E-state index < -0.39 is 35.1 Å². The number of aromatic nitrogens is 3. The quantitative estimate of drug-likeness (QED) is 0.128. The molecule has 0 saturated carbocycles. The fourth-order valence-electron chi connectivity index (χ4n) is 9.71. The summed E-state index contributed by atoms with van der Waals surface area (Å²) >= 11 is 0. The number of hydrogen-bond donors (Lipinski definition) is 1. The zero-order valence-electron chi connectivity index (χ0n) is 33.6. The van der Waals surface area contributed by atoms with Crippen LogP contribution in [0.1, 0.15) is 72.5 Å². The molecule has 0 radical (unpaired) electrons. The van der Waals surface area contributed by atoms with Crippen LogP contribution in [0.25, 0.3) is 32.9 Å². The Bertz CT molecular complexity index is 2450. The molecule has 2 aromatic heterocycles. The second-order valence-corrected chi connectivity index (χ2v) is 16.8. The number of pyridine rings is 1. The van der Waals surface area contributed by atoms with Crippen molar-refractivity contribution in [2.24, 2.45) is 0 Å². The van der Waals surface area contributed by atoms with Crippen LogP contribution in [0.15, 0.2) is 54.7 Å². The molecular formula is C45H48F2N6O6. The van der Waals surface area contributed by atoms with Crippen molar-refractivity contribution in [3.8, 4) is 23.0 Å². The number of carbonyl (C=O) groups is 2. The minimum atomic E-state index is -0.942. The number of aryl methyl sites for hydroxylation is 3. The Balaban J connectivity index is 1.15. The van der Waals surface area contributed by atoms with E-state index in [0.717, 1.165) is 53.3 Å². The lowest BCUT2D eigenvalue weighted by molar-refractivity contribution is 0.0153. The molecule has 1 amide bonds. The van der Waals surface area contributed by atoms with Gasteiger partial charge < -0.3 is 29.2 Å². The maximum Gasteiger partial charge on any atom is 0.407 e. The first-order valence-electron chi connectivity index (χ1n) is 20.5. The van der Waals surface area contributed by atoms with Crippen LogP contribution in [-0.2, 0) is 15.9 Å². The van der Waals surface area contributed by atoms with Gasteiger partial charge in [-0.3, -0.25) is 9.88 Å². The van der Waals surface area contributed by atoms with E-state index in [2.05, 4.69) is 10.2 Å². The van der Waals surface area contributed by atoms with Crippen molar-refractivity contribution in [2.45, 2.75) is 83.0 Å². The van der Waals surface area contributed by atoms with Crippen LogP contribution in [0, 0.1) is 19.7 Å². The van der Waals surface area contributed by atoms with Crippen LogP contribution in [0.2, 0.25) is 0 Å². The Morgan fingerprint density at radius 2 is 1.85 bits per heavy atom. The van der Waals surface area contributed by atoms with Crippen LogP contribution in [0.3, 0.4) is 0 Å². The van der Waals surface area contributed by atoms with Gasteiger partial charge in [-0.05, 0) is 105 Å².